The lowest BCUT2D eigenvalue weighted by molar-refractivity contribution is -0.130. The molecule has 1 aliphatic rings. The molecule has 1 unspecified atom stereocenters. The molecule has 0 saturated carbocycles. The van der Waals surface area contributed by atoms with Crippen molar-refractivity contribution in [3.05, 3.63) is 52.1 Å². The van der Waals surface area contributed by atoms with Crippen LogP contribution in [0.2, 0.25) is 10.0 Å². The van der Waals surface area contributed by atoms with Gasteiger partial charge in [-0.3, -0.25) is 4.79 Å². The van der Waals surface area contributed by atoms with Gasteiger partial charge in [-0.25, -0.2) is 4.98 Å². The molecule has 5 nitrogen and oxygen atoms in total. The molecule has 1 fully saturated rings. The molecule has 3 rings (SSSR count). The number of hydrogen-bond donors (Lipinski definition) is 0. The van der Waals surface area contributed by atoms with E-state index in [1.54, 1.807) is 36.5 Å². The van der Waals surface area contributed by atoms with Gasteiger partial charge >= 0.3 is 0 Å². The van der Waals surface area contributed by atoms with Crippen LogP contribution in [0.4, 0.5) is 5.82 Å². The van der Waals surface area contributed by atoms with E-state index in [2.05, 4.69) is 11.1 Å². The van der Waals surface area contributed by atoms with Crippen molar-refractivity contribution in [2.45, 2.75) is 17.1 Å². The molecule has 1 saturated heterocycles. The molecule has 27 heavy (non-hydrogen) atoms. The van der Waals surface area contributed by atoms with Gasteiger partial charge in [-0.05, 0) is 37.3 Å². The Balaban J connectivity index is 1.61. The number of pyridine rings is 1. The van der Waals surface area contributed by atoms with Crippen molar-refractivity contribution in [3.63, 3.8) is 0 Å². The minimum Gasteiger partial charge on any atom is -0.352 e. The van der Waals surface area contributed by atoms with Crippen LogP contribution in [0.5, 0.6) is 0 Å². The summed E-state index contributed by atoms with van der Waals surface area (Å²) >= 11 is 13.6. The molecule has 0 N–H and O–H groups in total. The maximum absolute atomic E-state index is 12.8. The van der Waals surface area contributed by atoms with Crippen LogP contribution in [0.1, 0.15) is 12.5 Å². The molecule has 1 aliphatic heterocycles. The molecule has 1 aromatic heterocycles. The van der Waals surface area contributed by atoms with Crippen molar-refractivity contribution in [1.29, 1.82) is 5.26 Å². The van der Waals surface area contributed by atoms with Crippen LogP contribution in [-0.2, 0) is 4.79 Å². The van der Waals surface area contributed by atoms with Gasteiger partial charge in [-0.2, -0.15) is 5.26 Å². The molecule has 0 bridgehead atoms. The van der Waals surface area contributed by atoms with Crippen LogP contribution in [0.25, 0.3) is 0 Å². The number of aromatic nitrogens is 1. The number of thioether (sulfide) groups is 1. The lowest BCUT2D eigenvalue weighted by Crippen LogP contribution is -2.51. The molecule has 140 valence electrons. The Labute approximate surface area is 172 Å². The van der Waals surface area contributed by atoms with Gasteiger partial charge < -0.3 is 9.80 Å². The van der Waals surface area contributed by atoms with Crippen molar-refractivity contribution in [2.24, 2.45) is 0 Å². The summed E-state index contributed by atoms with van der Waals surface area (Å²) in [5, 5.41) is 10.2. The van der Waals surface area contributed by atoms with E-state index in [1.807, 2.05) is 16.7 Å². The molecule has 0 radical (unpaired) electrons. The first-order valence-corrected chi connectivity index (χ1v) is 10.1. The number of carbonyl (C=O) groups excluding carboxylic acids is 1. The molecular weight excluding hydrogens is 403 g/mol. The zero-order chi connectivity index (χ0) is 19.4. The van der Waals surface area contributed by atoms with Crippen molar-refractivity contribution in [1.82, 2.24) is 9.88 Å². The van der Waals surface area contributed by atoms with Crippen LogP contribution < -0.4 is 4.90 Å². The van der Waals surface area contributed by atoms with E-state index >= 15 is 0 Å². The van der Waals surface area contributed by atoms with Crippen molar-refractivity contribution in [3.8, 4) is 6.07 Å². The molecule has 0 spiro atoms. The molecule has 1 atom stereocenters. The number of piperazine rings is 1. The second-order valence-corrected chi connectivity index (χ2v) is 8.36. The third-order valence-electron chi connectivity index (χ3n) is 4.34. The van der Waals surface area contributed by atoms with E-state index in [1.165, 1.54) is 11.8 Å². The lowest BCUT2D eigenvalue weighted by atomic mass is 10.2. The quantitative estimate of drug-likeness (QED) is 0.696. The fourth-order valence-corrected chi connectivity index (χ4v) is 4.43. The zero-order valence-corrected chi connectivity index (χ0v) is 17.1. The third kappa shape index (κ3) is 4.67. The molecule has 1 aromatic carbocycles. The maximum atomic E-state index is 12.8. The monoisotopic (exact) mass is 420 g/mol. The van der Waals surface area contributed by atoms with Crippen LogP contribution in [-0.4, -0.2) is 47.2 Å². The Morgan fingerprint density at radius 2 is 2.00 bits per heavy atom. The van der Waals surface area contributed by atoms with Crippen molar-refractivity contribution in [2.75, 3.05) is 31.1 Å². The largest absolute Gasteiger partial charge is 0.352 e. The summed E-state index contributed by atoms with van der Waals surface area (Å²) in [4.78, 5) is 21.8. The van der Waals surface area contributed by atoms with Crippen LogP contribution in [0.3, 0.4) is 0 Å². The fourth-order valence-electron chi connectivity index (χ4n) is 2.94. The van der Waals surface area contributed by atoms with Gasteiger partial charge in [0.15, 0.2) is 0 Å². The molecule has 8 heteroatoms. The van der Waals surface area contributed by atoms with E-state index in [0.717, 1.165) is 4.90 Å². The van der Waals surface area contributed by atoms with Gasteiger partial charge in [-0.15, -0.1) is 11.8 Å². The van der Waals surface area contributed by atoms with Gasteiger partial charge in [0, 0.05) is 42.3 Å². The number of nitrogens with zero attached hydrogens (tertiary/aromatic N) is 4. The number of nitriles is 1. The average Bonchev–Trinajstić information content (AvgIpc) is 2.70. The van der Waals surface area contributed by atoms with E-state index < -0.39 is 0 Å². The van der Waals surface area contributed by atoms with Crippen LogP contribution in [0.15, 0.2) is 41.4 Å². The number of amides is 1. The smallest absolute Gasteiger partial charge is 0.235 e. The minimum absolute atomic E-state index is 0.0669. The lowest BCUT2D eigenvalue weighted by Gasteiger charge is -2.36. The Morgan fingerprint density at radius 3 is 2.70 bits per heavy atom. The second kappa shape index (κ2) is 8.83. The normalized spacial score (nSPS) is 15.3. The number of hydrogen-bond acceptors (Lipinski definition) is 5. The SMILES string of the molecule is CC(Sc1cc(Cl)ccc1Cl)C(=O)N1CCN(c2ncccc2C#N)CC1. The van der Waals surface area contributed by atoms with E-state index in [0.29, 0.717) is 47.6 Å². The zero-order valence-electron chi connectivity index (χ0n) is 14.7. The minimum atomic E-state index is -0.267. The number of benzene rings is 1. The van der Waals surface area contributed by atoms with E-state index in [-0.39, 0.29) is 11.2 Å². The summed E-state index contributed by atoms with van der Waals surface area (Å²) in [6, 6.07) is 10.9. The Bertz CT molecular complexity index is 878. The number of rotatable bonds is 4. The van der Waals surface area contributed by atoms with Gasteiger partial charge in [0.25, 0.3) is 0 Å². The maximum Gasteiger partial charge on any atom is 0.235 e. The Kier molecular flexibility index (Phi) is 6.48. The van der Waals surface area contributed by atoms with Gasteiger partial charge in [0.1, 0.15) is 11.9 Å². The summed E-state index contributed by atoms with van der Waals surface area (Å²) < 4.78 is 0. The standard InChI is InChI=1S/C19H18Cl2N4OS/c1-13(27-17-11-15(20)4-5-16(17)21)19(26)25-9-7-24(8-10-25)18-14(12-22)3-2-6-23-18/h2-6,11,13H,7-10H2,1H3. The summed E-state index contributed by atoms with van der Waals surface area (Å²) in [6.45, 7) is 4.35. The van der Waals surface area contributed by atoms with E-state index in [4.69, 9.17) is 23.2 Å². The average molecular weight is 421 g/mol. The highest BCUT2D eigenvalue weighted by atomic mass is 35.5. The highest BCUT2D eigenvalue weighted by Crippen LogP contribution is 2.33. The van der Waals surface area contributed by atoms with E-state index in [9.17, 15) is 10.1 Å². The predicted octanol–water partition coefficient (Wildman–Crippen LogP) is 4.09. The summed E-state index contributed by atoms with van der Waals surface area (Å²) in [7, 11) is 0. The summed E-state index contributed by atoms with van der Waals surface area (Å²) in [6.07, 6.45) is 1.68. The van der Waals surface area contributed by atoms with Crippen LogP contribution in [0, 0.1) is 11.3 Å². The molecule has 2 aromatic rings. The van der Waals surface area contributed by atoms with Crippen molar-refractivity contribution < 1.29 is 4.79 Å². The highest BCUT2D eigenvalue weighted by Gasteiger charge is 2.27. The second-order valence-electron chi connectivity index (χ2n) is 6.13. The molecule has 2 heterocycles. The number of halogens is 2. The van der Waals surface area contributed by atoms with Gasteiger partial charge in [-0.1, -0.05) is 23.2 Å². The molecule has 1 amide bonds. The Hall–Kier alpha value is -1.94. The number of carbonyl (C=O) groups is 1. The first-order valence-electron chi connectivity index (χ1n) is 8.50. The fraction of sp³-hybridized carbons (Fsp3) is 0.316. The first kappa shape index (κ1) is 19.8. The highest BCUT2D eigenvalue weighted by molar-refractivity contribution is 8.00. The molecular formula is C19H18Cl2N4OS. The number of anilines is 1. The van der Waals surface area contributed by atoms with Gasteiger partial charge in [0.2, 0.25) is 5.91 Å². The van der Waals surface area contributed by atoms with Crippen LogP contribution >= 0.6 is 35.0 Å². The Morgan fingerprint density at radius 1 is 1.26 bits per heavy atom. The van der Waals surface area contributed by atoms with Crippen molar-refractivity contribution >= 4 is 46.7 Å². The predicted molar refractivity (Wildman–Crippen MR) is 110 cm³/mol. The first-order chi connectivity index (χ1) is 13.0. The van der Waals surface area contributed by atoms with Gasteiger partial charge in [0.05, 0.1) is 15.8 Å². The topological polar surface area (TPSA) is 60.2 Å². The summed E-state index contributed by atoms with van der Waals surface area (Å²) in [5.74, 6) is 0.748. The molecule has 0 aliphatic carbocycles. The third-order valence-corrected chi connectivity index (χ3v) is 6.17. The summed E-state index contributed by atoms with van der Waals surface area (Å²) in [5.41, 5.74) is 0.553.